The number of carboxylic acids is 1. The van der Waals surface area contributed by atoms with Crippen molar-refractivity contribution in [3.63, 3.8) is 0 Å². The maximum Gasteiger partial charge on any atom is 0.339 e. The Bertz CT molecular complexity index is 729. The topological polar surface area (TPSA) is 62.5 Å². The minimum Gasteiger partial charge on any atom is -0.478 e. The average molecular weight is 273 g/mol. The number of carboxylic acid groups (broad SMARTS) is 1. The Kier molecular flexibility index (Phi) is 2.97. The van der Waals surface area contributed by atoms with Gasteiger partial charge in [-0.3, -0.25) is 0 Å². The molecule has 3 rings (SSSR count). The molecule has 2 N–H and O–H groups in total. The highest BCUT2D eigenvalue weighted by atomic mass is 32.1. The monoisotopic (exact) mass is 273 g/mol. The maximum atomic E-state index is 10.9. The molecule has 0 saturated carbocycles. The first kappa shape index (κ1) is 11.8. The molecule has 0 unspecified atom stereocenters. The van der Waals surface area contributed by atoms with Crippen molar-refractivity contribution in [3.05, 3.63) is 53.3 Å². The number of nitrogens with one attached hydrogen (secondary N) is 1. The summed E-state index contributed by atoms with van der Waals surface area (Å²) in [6.45, 7) is 0.351. The summed E-state index contributed by atoms with van der Waals surface area (Å²) >= 11 is 1.69. The van der Waals surface area contributed by atoms with E-state index in [2.05, 4.69) is 11.4 Å². The van der Waals surface area contributed by atoms with Crippen LogP contribution in [0.5, 0.6) is 0 Å². The largest absolute Gasteiger partial charge is 0.478 e. The summed E-state index contributed by atoms with van der Waals surface area (Å²) < 4.78 is 6.41. The number of thiophene rings is 1. The van der Waals surface area contributed by atoms with Crippen molar-refractivity contribution in [2.24, 2.45) is 0 Å². The third kappa shape index (κ3) is 2.32. The van der Waals surface area contributed by atoms with E-state index >= 15 is 0 Å². The molecule has 0 spiro atoms. The lowest BCUT2D eigenvalue weighted by Gasteiger charge is -2.05. The number of carbonyl (C=O) groups is 1. The summed E-state index contributed by atoms with van der Waals surface area (Å²) in [4.78, 5) is 10.9. The maximum absolute atomic E-state index is 10.9. The zero-order valence-corrected chi connectivity index (χ0v) is 10.7. The predicted octanol–water partition coefficient (Wildman–Crippen LogP) is 3.80. The van der Waals surface area contributed by atoms with E-state index in [-0.39, 0.29) is 5.56 Å². The van der Waals surface area contributed by atoms with E-state index in [0.717, 1.165) is 5.69 Å². The fourth-order valence-corrected chi connectivity index (χ4v) is 2.70. The van der Waals surface area contributed by atoms with E-state index in [1.54, 1.807) is 11.3 Å². The molecule has 0 atom stereocenters. The summed E-state index contributed by atoms with van der Waals surface area (Å²) in [7, 11) is 0. The Labute approximate surface area is 113 Å². The zero-order chi connectivity index (χ0) is 13.2. The molecule has 0 aliphatic carbocycles. The molecule has 5 heteroatoms. The Hall–Kier alpha value is -2.27. The van der Waals surface area contributed by atoms with Gasteiger partial charge in [-0.2, -0.15) is 0 Å². The van der Waals surface area contributed by atoms with Gasteiger partial charge in [-0.15, -0.1) is 11.3 Å². The standard InChI is InChI=1S/C14H11NO3S/c16-14(17)11-3-5-18-12(11)8-15-10-1-2-13-9(7-10)4-6-19-13/h1-7,15H,8H2,(H,16,17). The summed E-state index contributed by atoms with van der Waals surface area (Å²) in [6, 6.07) is 9.57. The van der Waals surface area contributed by atoms with Crippen molar-refractivity contribution in [2.45, 2.75) is 6.54 Å². The number of rotatable bonds is 4. The van der Waals surface area contributed by atoms with E-state index in [0.29, 0.717) is 12.3 Å². The van der Waals surface area contributed by atoms with Crippen molar-refractivity contribution in [2.75, 3.05) is 5.32 Å². The van der Waals surface area contributed by atoms with Gasteiger partial charge in [0.15, 0.2) is 0 Å². The van der Waals surface area contributed by atoms with Gasteiger partial charge in [-0.25, -0.2) is 4.79 Å². The molecule has 0 bridgehead atoms. The summed E-state index contributed by atoms with van der Waals surface area (Å²) in [5.74, 6) is -0.545. The first-order valence-electron chi connectivity index (χ1n) is 5.75. The normalized spacial score (nSPS) is 10.7. The van der Waals surface area contributed by atoms with E-state index in [4.69, 9.17) is 9.52 Å². The van der Waals surface area contributed by atoms with E-state index in [9.17, 15) is 4.79 Å². The number of fused-ring (bicyclic) bond motifs is 1. The molecule has 0 aliphatic heterocycles. The van der Waals surface area contributed by atoms with Crippen LogP contribution in [0.3, 0.4) is 0 Å². The van der Waals surface area contributed by atoms with Crippen LogP contribution in [0.4, 0.5) is 5.69 Å². The molecule has 2 heterocycles. The second kappa shape index (κ2) is 4.78. The van der Waals surface area contributed by atoms with Crippen molar-refractivity contribution < 1.29 is 14.3 Å². The molecule has 0 saturated heterocycles. The van der Waals surface area contributed by atoms with Gasteiger partial charge in [-0.1, -0.05) is 0 Å². The number of anilines is 1. The summed E-state index contributed by atoms with van der Waals surface area (Å²) in [5, 5.41) is 15.4. The Balaban J connectivity index is 1.78. The fraction of sp³-hybridized carbons (Fsp3) is 0.0714. The molecular formula is C14H11NO3S. The summed E-state index contributed by atoms with van der Waals surface area (Å²) in [5.41, 5.74) is 1.14. The Morgan fingerprint density at radius 2 is 2.21 bits per heavy atom. The van der Waals surface area contributed by atoms with Gasteiger partial charge in [0.05, 0.1) is 12.8 Å². The molecule has 0 fully saturated rings. The van der Waals surface area contributed by atoms with Crippen molar-refractivity contribution >= 4 is 33.1 Å². The average Bonchev–Trinajstić information content (AvgIpc) is 3.04. The second-order valence-corrected chi connectivity index (χ2v) is 5.04. The lowest BCUT2D eigenvalue weighted by Crippen LogP contribution is -2.04. The summed E-state index contributed by atoms with van der Waals surface area (Å²) in [6.07, 6.45) is 1.39. The van der Waals surface area contributed by atoms with Gasteiger partial charge < -0.3 is 14.8 Å². The SMILES string of the molecule is O=C(O)c1ccoc1CNc1ccc2sccc2c1. The third-order valence-electron chi connectivity index (χ3n) is 2.88. The van der Waals surface area contributed by atoms with E-state index in [1.165, 1.54) is 22.4 Å². The van der Waals surface area contributed by atoms with Gasteiger partial charge in [0, 0.05) is 10.4 Å². The van der Waals surface area contributed by atoms with Crippen molar-refractivity contribution in [1.29, 1.82) is 0 Å². The van der Waals surface area contributed by atoms with Gasteiger partial charge in [0.2, 0.25) is 0 Å². The van der Waals surface area contributed by atoms with E-state index in [1.807, 2.05) is 23.6 Å². The van der Waals surface area contributed by atoms with Crippen LogP contribution >= 0.6 is 11.3 Å². The number of aromatic carboxylic acids is 1. The molecule has 1 aromatic carbocycles. The number of furan rings is 1. The van der Waals surface area contributed by atoms with Crippen LogP contribution in [0.25, 0.3) is 10.1 Å². The predicted molar refractivity (Wildman–Crippen MR) is 74.8 cm³/mol. The fourth-order valence-electron chi connectivity index (χ4n) is 1.93. The highest BCUT2D eigenvalue weighted by Gasteiger charge is 2.12. The van der Waals surface area contributed by atoms with Gasteiger partial charge in [0.25, 0.3) is 0 Å². The quantitative estimate of drug-likeness (QED) is 0.759. The molecule has 2 aromatic heterocycles. The van der Waals surface area contributed by atoms with Crippen molar-refractivity contribution in [3.8, 4) is 0 Å². The minimum absolute atomic E-state index is 0.198. The minimum atomic E-state index is -0.973. The number of hydrogen-bond donors (Lipinski definition) is 2. The lowest BCUT2D eigenvalue weighted by molar-refractivity contribution is 0.0694. The Morgan fingerprint density at radius 3 is 3.05 bits per heavy atom. The van der Waals surface area contributed by atoms with Crippen molar-refractivity contribution in [1.82, 2.24) is 0 Å². The van der Waals surface area contributed by atoms with E-state index < -0.39 is 5.97 Å². The van der Waals surface area contributed by atoms with Gasteiger partial charge in [-0.05, 0) is 41.1 Å². The second-order valence-electron chi connectivity index (χ2n) is 4.09. The van der Waals surface area contributed by atoms with Crippen LogP contribution < -0.4 is 5.32 Å². The molecule has 0 radical (unpaired) electrons. The Morgan fingerprint density at radius 1 is 1.32 bits per heavy atom. The zero-order valence-electron chi connectivity index (χ0n) is 9.92. The molecule has 0 aliphatic rings. The molecule has 4 nitrogen and oxygen atoms in total. The number of hydrogen-bond acceptors (Lipinski definition) is 4. The van der Waals surface area contributed by atoms with Crippen LogP contribution in [0.1, 0.15) is 16.1 Å². The van der Waals surface area contributed by atoms with Crippen LogP contribution in [0.2, 0.25) is 0 Å². The smallest absolute Gasteiger partial charge is 0.339 e. The first-order chi connectivity index (χ1) is 9.24. The number of benzene rings is 1. The van der Waals surface area contributed by atoms with Crippen LogP contribution in [0, 0.1) is 0 Å². The molecule has 96 valence electrons. The molecule has 19 heavy (non-hydrogen) atoms. The van der Waals surface area contributed by atoms with Gasteiger partial charge in [0.1, 0.15) is 11.3 Å². The van der Waals surface area contributed by atoms with Crippen LogP contribution in [-0.4, -0.2) is 11.1 Å². The first-order valence-corrected chi connectivity index (χ1v) is 6.63. The molecular weight excluding hydrogens is 262 g/mol. The highest BCUT2D eigenvalue weighted by molar-refractivity contribution is 7.17. The van der Waals surface area contributed by atoms with Crippen LogP contribution in [0.15, 0.2) is 46.4 Å². The lowest BCUT2D eigenvalue weighted by atomic mass is 10.2. The van der Waals surface area contributed by atoms with Crippen LogP contribution in [-0.2, 0) is 6.54 Å². The molecule has 0 amide bonds. The third-order valence-corrected chi connectivity index (χ3v) is 3.78. The highest BCUT2D eigenvalue weighted by Crippen LogP contribution is 2.24. The van der Waals surface area contributed by atoms with Gasteiger partial charge >= 0.3 is 5.97 Å². The molecule has 3 aromatic rings.